The molecular weight excluding hydrogens is 302 g/mol. The molecule has 2 aromatic heterocycles. The number of nitrogens with zero attached hydrogens (tertiary/aromatic N) is 5. The van der Waals surface area contributed by atoms with Crippen LogP contribution in [0.4, 0.5) is 0 Å². The van der Waals surface area contributed by atoms with Crippen LogP contribution in [0.1, 0.15) is 36.8 Å². The fourth-order valence-electron chi connectivity index (χ4n) is 3.84. The number of methoxy groups -OCH3 is 1. The van der Waals surface area contributed by atoms with Crippen molar-refractivity contribution in [2.75, 3.05) is 20.2 Å². The number of hydrogen-bond acceptors (Lipinski definition) is 4. The van der Waals surface area contributed by atoms with Gasteiger partial charge in [-0.15, -0.1) is 0 Å². The van der Waals surface area contributed by atoms with Gasteiger partial charge in [0.1, 0.15) is 5.82 Å². The van der Waals surface area contributed by atoms with E-state index in [4.69, 9.17) is 4.74 Å². The molecule has 6 nitrogen and oxygen atoms in total. The van der Waals surface area contributed by atoms with E-state index in [1.807, 2.05) is 24.1 Å². The highest BCUT2D eigenvalue weighted by molar-refractivity contribution is 5.31. The quantitative estimate of drug-likeness (QED) is 0.814. The molecule has 0 amide bonds. The zero-order valence-electron chi connectivity index (χ0n) is 15.3. The lowest BCUT2D eigenvalue weighted by Crippen LogP contribution is -2.36. The molecule has 1 aliphatic heterocycles. The lowest BCUT2D eigenvalue weighted by Gasteiger charge is -2.32. The van der Waals surface area contributed by atoms with Gasteiger partial charge in [0.05, 0.1) is 18.4 Å². The SMILES string of the molecule is CCc1nn(C)c(OC)c1CN1CCC[C@H](Cc2nccn2C)C1. The monoisotopic (exact) mass is 331 g/mol. The van der Waals surface area contributed by atoms with Crippen LogP contribution in [0.3, 0.4) is 0 Å². The molecule has 1 saturated heterocycles. The van der Waals surface area contributed by atoms with Gasteiger partial charge in [0.25, 0.3) is 0 Å². The molecule has 2 aromatic rings. The van der Waals surface area contributed by atoms with Gasteiger partial charge >= 0.3 is 0 Å². The molecule has 0 saturated carbocycles. The summed E-state index contributed by atoms with van der Waals surface area (Å²) in [5.74, 6) is 2.76. The minimum Gasteiger partial charge on any atom is -0.481 e. The number of aryl methyl sites for hydroxylation is 3. The van der Waals surface area contributed by atoms with E-state index in [1.54, 1.807) is 7.11 Å². The maximum absolute atomic E-state index is 5.59. The maximum Gasteiger partial charge on any atom is 0.216 e. The minimum absolute atomic E-state index is 0.674. The van der Waals surface area contributed by atoms with Crippen LogP contribution in [0.2, 0.25) is 0 Å². The fraction of sp³-hybridized carbons (Fsp3) is 0.667. The summed E-state index contributed by atoms with van der Waals surface area (Å²) in [6.07, 6.45) is 8.46. The molecular formula is C18H29N5O. The topological polar surface area (TPSA) is 48.1 Å². The molecule has 0 unspecified atom stereocenters. The third-order valence-electron chi connectivity index (χ3n) is 5.08. The number of piperidine rings is 1. The summed E-state index contributed by atoms with van der Waals surface area (Å²) in [4.78, 5) is 7.04. The Morgan fingerprint density at radius 3 is 2.83 bits per heavy atom. The number of ether oxygens (including phenoxy) is 1. The molecule has 1 aliphatic rings. The minimum atomic E-state index is 0.674. The predicted octanol–water partition coefficient (Wildman–Crippen LogP) is 2.18. The molecule has 3 heterocycles. The second-order valence-electron chi connectivity index (χ2n) is 6.81. The molecule has 3 rings (SSSR count). The molecule has 0 spiro atoms. The largest absolute Gasteiger partial charge is 0.481 e. The third-order valence-corrected chi connectivity index (χ3v) is 5.08. The fourth-order valence-corrected chi connectivity index (χ4v) is 3.84. The van der Waals surface area contributed by atoms with Gasteiger partial charge in [-0.3, -0.25) is 4.90 Å². The second-order valence-corrected chi connectivity index (χ2v) is 6.81. The lowest BCUT2D eigenvalue weighted by atomic mass is 9.94. The Morgan fingerprint density at radius 1 is 1.33 bits per heavy atom. The van der Waals surface area contributed by atoms with Crippen LogP contribution in [0.25, 0.3) is 0 Å². The summed E-state index contributed by atoms with van der Waals surface area (Å²) >= 11 is 0. The summed E-state index contributed by atoms with van der Waals surface area (Å²) < 4.78 is 9.59. The van der Waals surface area contributed by atoms with Crippen LogP contribution in [0, 0.1) is 5.92 Å². The first-order valence-corrected chi connectivity index (χ1v) is 8.89. The van der Waals surface area contributed by atoms with E-state index >= 15 is 0 Å². The van der Waals surface area contributed by atoms with E-state index in [9.17, 15) is 0 Å². The van der Waals surface area contributed by atoms with Crippen LogP contribution in [0.5, 0.6) is 5.88 Å². The summed E-state index contributed by atoms with van der Waals surface area (Å²) in [6.45, 7) is 5.36. The lowest BCUT2D eigenvalue weighted by molar-refractivity contribution is 0.163. The van der Waals surface area contributed by atoms with E-state index < -0.39 is 0 Å². The van der Waals surface area contributed by atoms with Gasteiger partial charge in [-0.2, -0.15) is 5.10 Å². The van der Waals surface area contributed by atoms with Gasteiger partial charge < -0.3 is 9.30 Å². The number of aromatic nitrogens is 4. The van der Waals surface area contributed by atoms with E-state index in [1.165, 1.54) is 24.2 Å². The summed E-state index contributed by atoms with van der Waals surface area (Å²) in [7, 11) is 5.78. The highest BCUT2D eigenvalue weighted by atomic mass is 16.5. The Hall–Kier alpha value is -1.82. The molecule has 1 fully saturated rings. The van der Waals surface area contributed by atoms with E-state index in [2.05, 4.69) is 33.5 Å². The van der Waals surface area contributed by atoms with E-state index in [-0.39, 0.29) is 0 Å². The molecule has 0 bridgehead atoms. The van der Waals surface area contributed by atoms with Crippen molar-refractivity contribution in [1.82, 2.24) is 24.2 Å². The smallest absolute Gasteiger partial charge is 0.216 e. The Balaban J connectivity index is 1.68. The standard InChI is InChI=1S/C18H29N5O/c1-5-16-15(18(24-4)22(3)20-16)13-23-9-6-7-14(12-23)11-17-19-8-10-21(17)2/h8,10,14H,5-7,9,11-13H2,1-4H3/t14-/m1/s1. The normalized spacial score (nSPS) is 18.9. The zero-order chi connectivity index (χ0) is 17.1. The average Bonchev–Trinajstić information content (AvgIpc) is 3.11. The highest BCUT2D eigenvalue weighted by Crippen LogP contribution is 2.27. The van der Waals surface area contributed by atoms with Crippen molar-refractivity contribution in [2.45, 2.75) is 39.2 Å². The molecule has 1 atom stereocenters. The first-order valence-electron chi connectivity index (χ1n) is 8.89. The number of hydrogen-bond donors (Lipinski definition) is 0. The molecule has 0 radical (unpaired) electrons. The molecule has 132 valence electrons. The number of imidazole rings is 1. The van der Waals surface area contributed by atoms with Gasteiger partial charge in [0, 0.05) is 46.0 Å². The van der Waals surface area contributed by atoms with Gasteiger partial charge in [-0.25, -0.2) is 9.67 Å². The molecule has 0 aliphatic carbocycles. The number of likely N-dealkylation sites (tertiary alicyclic amines) is 1. The van der Waals surface area contributed by atoms with Crippen molar-refractivity contribution in [3.05, 3.63) is 29.5 Å². The van der Waals surface area contributed by atoms with Gasteiger partial charge in [-0.05, 0) is 31.7 Å². The third kappa shape index (κ3) is 3.48. The van der Waals surface area contributed by atoms with Crippen molar-refractivity contribution in [3.8, 4) is 5.88 Å². The predicted molar refractivity (Wildman–Crippen MR) is 94.1 cm³/mol. The van der Waals surface area contributed by atoms with Gasteiger partial charge in [-0.1, -0.05) is 6.92 Å². The van der Waals surface area contributed by atoms with Gasteiger partial charge in [0.15, 0.2) is 0 Å². The van der Waals surface area contributed by atoms with Crippen LogP contribution in [-0.4, -0.2) is 44.4 Å². The van der Waals surface area contributed by atoms with Crippen molar-refractivity contribution in [3.63, 3.8) is 0 Å². The molecule has 0 N–H and O–H groups in total. The van der Waals surface area contributed by atoms with Crippen LogP contribution in [0.15, 0.2) is 12.4 Å². The Labute approximate surface area is 144 Å². The summed E-state index contributed by atoms with van der Waals surface area (Å²) in [5.41, 5.74) is 2.40. The molecule has 24 heavy (non-hydrogen) atoms. The van der Waals surface area contributed by atoms with Crippen LogP contribution in [-0.2, 0) is 33.5 Å². The molecule has 0 aromatic carbocycles. The Kier molecular flexibility index (Phi) is 5.23. The van der Waals surface area contributed by atoms with Crippen molar-refractivity contribution in [1.29, 1.82) is 0 Å². The maximum atomic E-state index is 5.59. The number of rotatable bonds is 6. The second kappa shape index (κ2) is 7.38. The van der Waals surface area contributed by atoms with Crippen LogP contribution >= 0.6 is 0 Å². The first-order chi connectivity index (χ1) is 11.6. The van der Waals surface area contributed by atoms with Crippen LogP contribution < -0.4 is 4.74 Å². The van der Waals surface area contributed by atoms with Crippen molar-refractivity contribution in [2.24, 2.45) is 20.0 Å². The Bertz CT molecular complexity index is 675. The zero-order valence-corrected chi connectivity index (χ0v) is 15.3. The molecule has 6 heteroatoms. The van der Waals surface area contributed by atoms with Crippen molar-refractivity contribution < 1.29 is 4.74 Å². The highest BCUT2D eigenvalue weighted by Gasteiger charge is 2.24. The van der Waals surface area contributed by atoms with Crippen molar-refractivity contribution >= 4 is 0 Å². The van der Waals surface area contributed by atoms with Gasteiger partial charge in [0.2, 0.25) is 5.88 Å². The summed E-state index contributed by atoms with van der Waals surface area (Å²) in [5, 5.41) is 4.61. The average molecular weight is 331 g/mol. The first kappa shape index (κ1) is 17.0. The van der Waals surface area contributed by atoms with E-state index in [0.29, 0.717) is 5.92 Å². The van der Waals surface area contributed by atoms with E-state index in [0.717, 1.165) is 44.0 Å². The summed E-state index contributed by atoms with van der Waals surface area (Å²) in [6, 6.07) is 0. The Morgan fingerprint density at radius 2 is 2.17 bits per heavy atom.